The van der Waals surface area contributed by atoms with Gasteiger partial charge in [0.25, 0.3) is 5.91 Å². The van der Waals surface area contributed by atoms with Crippen molar-refractivity contribution >= 4 is 55.9 Å². The summed E-state index contributed by atoms with van der Waals surface area (Å²) in [4.78, 5) is 29.7. The van der Waals surface area contributed by atoms with Crippen molar-refractivity contribution in [1.82, 2.24) is 4.90 Å². The second-order valence-electron chi connectivity index (χ2n) is 6.82. The van der Waals surface area contributed by atoms with E-state index in [2.05, 4.69) is 9.39 Å². The molecule has 1 amide bonds. The molecule has 11 nitrogen and oxygen atoms in total. The van der Waals surface area contributed by atoms with E-state index in [0.29, 0.717) is 5.56 Å². The van der Waals surface area contributed by atoms with Gasteiger partial charge >= 0.3 is 5.97 Å². The predicted octanol–water partition coefficient (Wildman–Crippen LogP) is 2.91. The molecule has 0 radical (unpaired) electrons. The predicted molar refractivity (Wildman–Crippen MR) is 126 cm³/mol. The van der Waals surface area contributed by atoms with E-state index in [1.54, 1.807) is 19.1 Å². The van der Waals surface area contributed by atoms with E-state index in [9.17, 15) is 18.0 Å². The first-order valence-electron chi connectivity index (χ1n) is 9.99. The van der Waals surface area contributed by atoms with Crippen molar-refractivity contribution in [2.45, 2.75) is 13.8 Å². The van der Waals surface area contributed by atoms with Crippen molar-refractivity contribution < 1.29 is 31.9 Å². The summed E-state index contributed by atoms with van der Waals surface area (Å²) in [5.41, 5.74) is 0.310. The van der Waals surface area contributed by atoms with Gasteiger partial charge in [-0.2, -0.15) is 9.39 Å². The topological polar surface area (TPSA) is 152 Å². The van der Waals surface area contributed by atoms with Crippen molar-refractivity contribution in [3.05, 3.63) is 53.5 Å². The van der Waals surface area contributed by atoms with E-state index in [0.717, 1.165) is 16.8 Å². The third-order valence-corrected chi connectivity index (χ3v) is 7.06. The molecule has 0 aliphatic carbocycles. The summed E-state index contributed by atoms with van der Waals surface area (Å²) in [6.07, 6.45) is 2.73. The Morgan fingerprint density at radius 3 is 2.74 bits per heavy atom. The van der Waals surface area contributed by atoms with Crippen LogP contribution in [-0.4, -0.2) is 53.7 Å². The van der Waals surface area contributed by atoms with Gasteiger partial charge in [-0.05, 0) is 42.8 Å². The minimum Gasteiger partial charge on any atom is -0.490 e. The summed E-state index contributed by atoms with van der Waals surface area (Å²) in [6.45, 7) is 3.48. The van der Waals surface area contributed by atoms with Gasteiger partial charge in [-0.3, -0.25) is 10.2 Å². The van der Waals surface area contributed by atoms with Gasteiger partial charge in [-0.25, -0.2) is 18.1 Å². The Hall–Kier alpha value is -3.71. The zero-order valence-electron chi connectivity index (χ0n) is 18.0. The fraction of sp³-hybridized carbons (Fsp3) is 0.190. The van der Waals surface area contributed by atoms with Gasteiger partial charge in [0, 0.05) is 0 Å². The number of aliphatic imine (C=N–C) groups is 1. The molecule has 0 bridgehead atoms. The summed E-state index contributed by atoms with van der Waals surface area (Å²) < 4.78 is 44.6. The molecule has 1 aromatic heterocycles. The van der Waals surface area contributed by atoms with Gasteiger partial charge in [-0.1, -0.05) is 13.0 Å². The van der Waals surface area contributed by atoms with Gasteiger partial charge in [0.15, 0.2) is 11.5 Å². The molecule has 0 saturated carbocycles. The Morgan fingerprint density at radius 1 is 1.26 bits per heavy atom. The number of amidine groups is 3. The Bertz CT molecular complexity index is 1380. The van der Waals surface area contributed by atoms with E-state index in [4.69, 9.17) is 19.3 Å². The summed E-state index contributed by atoms with van der Waals surface area (Å²) in [5, 5.41) is 8.15. The molecule has 176 valence electrons. The summed E-state index contributed by atoms with van der Waals surface area (Å²) >= 11 is 0.728. The van der Waals surface area contributed by atoms with Gasteiger partial charge in [-0.15, -0.1) is 0 Å². The largest absolute Gasteiger partial charge is 0.490 e. The SMILES string of the molecule is CCOc1cc(/C=C2/C(=N)N3C(=NC2=O)SN=C3S(=O)(=O)CC)ccc1OC(=O)c1ccco1. The normalized spacial score (nSPS) is 16.9. The number of benzene rings is 1. The third kappa shape index (κ3) is 4.39. The molecule has 2 aromatic rings. The lowest BCUT2D eigenvalue weighted by atomic mass is 10.1. The molecule has 2 aliphatic rings. The molecule has 0 unspecified atom stereocenters. The third-order valence-electron chi connectivity index (χ3n) is 4.66. The Morgan fingerprint density at radius 2 is 2.06 bits per heavy atom. The molecular weight excluding hydrogens is 484 g/mol. The number of nitrogens with zero attached hydrogens (tertiary/aromatic N) is 3. The fourth-order valence-corrected chi connectivity index (χ4v) is 4.97. The van der Waals surface area contributed by atoms with Crippen LogP contribution < -0.4 is 9.47 Å². The number of hydrogen-bond acceptors (Lipinski definition) is 10. The van der Waals surface area contributed by atoms with Crippen LogP contribution in [-0.2, 0) is 14.6 Å². The average molecular weight is 503 g/mol. The number of rotatable bonds is 6. The van der Waals surface area contributed by atoms with E-state index in [1.165, 1.54) is 37.5 Å². The molecule has 13 heteroatoms. The Balaban J connectivity index is 1.66. The maximum atomic E-state index is 12.6. The van der Waals surface area contributed by atoms with E-state index >= 15 is 0 Å². The van der Waals surface area contributed by atoms with Crippen LogP contribution >= 0.6 is 11.9 Å². The van der Waals surface area contributed by atoms with Crippen LogP contribution in [0.15, 0.2) is 56.0 Å². The number of esters is 1. The lowest BCUT2D eigenvalue weighted by Crippen LogP contribution is -2.45. The molecule has 3 heterocycles. The van der Waals surface area contributed by atoms with Crippen LogP contribution in [0.3, 0.4) is 0 Å². The van der Waals surface area contributed by atoms with E-state index in [1.807, 2.05) is 0 Å². The number of amides is 1. The zero-order valence-corrected chi connectivity index (χ0v) is 19.6. The number of ether oxygens (including phenoxy) is 2. The van der Waals surface area contributed by atoms with Crippen molar-refractivity contribution in [2.75, 3.05) is 12.4 Å². The lowest BCUT2D eigenvalue weighted by molar-refractivity contribution is -0.114. The Kier molecular flexibility index (Phi) is 6.39. The highest BCUT2D eigenvalue weighted by Gasteiger charge is 2.42. The second kappa shape index (κ2) is 9.27. The molecule has 2 aliphatic heterocycles. The first kappa shape index (κ1) is 23.4. The summed E-state index contributed by atoms with van der Waals surface area (Å²) in [7, 11) is -3.75. The van der Waals surface area contributed by atoms with Crippen molar-refractivity contribution in [2.24, 2.45) is 9.39 Å². The highest BCUT2D eigenvalue weighted by Crippen LogP contribution is 2.33. The number of fused-ring (bicyclic) bond motifs is 1. The molecule has 0 saturated heterocycles. The number of carbonyl (C=O) groups is 2. The molecule has 1 N–H and O–H groups in total. The molecular formula is C21H18N4O7S2. The summed E-state index contributed by atoms with van der Waals surface area (Å²) in [6, 6.07) is 7.57. The number of carbonyl (C=O) groups excluding carboxylic acids is 2. The molecule has 0 spiro atoms. The van der Waals surface area contributed by atoms with Crippen LogP contribution in [0.1, 0.15) is 30.0 Å². The van der Waals surface area contributed by atoms with Gasteiger partial charge in [0.2, 0.25) is 25.9 Å². The van der Waals surface area contributed by atoms with E-state index < -0.39 is 21.7 Å². The molecule has 0 fully saturated rings. The molecule has 34 heavy (non-hydrogen) atoms. The number of sulfone groups is 1. The monoisotopic (exact) mass is 502 g/mol. The Labute approximate surface area is 198 Å². The standard InChI is InChI=1S/C21H18N4O7S2/c1-3-30-16-11-12(7-8-14(16)32-19(27)15-6-5-9-31-15)10-13-17(22)25-20(23-18(13)26)33-24-21(25)34(28,29)4-2/h5-11,22H,3-4H2,1-2H3/b13-10-,22-17?. The second-order valence-corrected chi connectivity index (χ2v) is 9.72. The quantitative estimate of drug-likeness (QED) is 0.272. The van der Waals surface area contributed by atoms with Crippen LogP contribution in [0.2, 0.25) is 0 Å². The lowest BCUT2D eigenvalue weighted by Gasteiger charge is -2.24. The number of hydrogen-bond donors (Lipinski definition) is 1. The summed E-state index contributed by atoms with van der Waals surface area (Å²) in [5.74, 6) is -1.61. The first-order valence-corrected chi connectivity index (χ1v) is 12.4. The minimum absolute atomic E-state index is 0.00867. The molecule has 4 rings (SSSR count). The van der Waals surface area contributed by atoms with Gasteiger partial charge in [0.1, 0.15) is 5.84 Å². The maximum absolute atomic E-state index is 12.6. The van der Waals surface area contributed by atoms with Crippen molar-refractivity contribution in [3.8, 4) is 11.5 Å². The van der Waals surface area contributed by atoms with Crippen LogP contribution in [0.4, 0.5) is 0 Å². The van der Waals surface area contributed by atoms with Crippen LogP contribution in [0, 0.1) is 5.41 Å². The number of nitrogens with one attached hydrogen (secondary N) is 1. The van der Waals surface area contributed by atoms with Crippen molar-refractivity contribution in [1.29, 1.82) is 5.41 Å². The first-order chi connectivity index (χ1) is 16.2. The van der Waals surface area contributed by atoms with Crippen LogP contribution in [0.5, 0.6) is 11.5 Å². The molecule has 0 atom stereocenters. The minimum atomic E-state index is -3.75. The van der Waals surface area contributed by atoms with Gasteiger partial charge in [0.05, 0.1) is 36.1 Å². The average Bonchev–Trinajstić information content (AvgIpc) is 3.49. The highest BCUT2D eigenvalue weighted by molar-refractivity contribution is 8.16. The maximum Gasteiger partial charge on any atom is 0.379 e. The van der Waals surface area contributed by atoms with Crippen molar-refractivity contribution in [3.63, 3.8) is 0 Å². The zero-order chi connectivity index (χ0) is 24.5. The number of furan rings is 1. The highest BCUT2D eigenvalue weighted by atomic mass is 32.2. The van der Waals surface area contributed by atoms with Crippen LogP contribution in [0.25, 0.3) is 6.08 Å². The fourth-order valence-electron chi connectivity index (χ4n) is 3.01. The smallest absolute Gasteiger partial charge is 0.379 e. The van der Waals surface area contributed by atoms with Gasteiger partial charge < -0.3 is 13.9 Å². The molecule has 1 aromatic carbocycles. The van der Waals surface area contributed by atoms with E-state index in [-0.39, 0.29) is 51.4 Å².